The van der Waals surface area contributed by atoms with Gasteiger partial charge in [0.1, 0.15) is 5.75 Å². The van der Waals surface area contributed by atoms with E-state index in [0.29, 0.717) is 5.25 Å². The molecule has 0 bridgehead atoms. The van der Waals surface area contributed by atoms with Gasteiger partial charge in [-0.25, -0.2) is 0 Å². The van der Waals surface area contributed by atoms with Crippen molar-refractivity contribution < 1.29 is 4.74 Å². The first-order valence-electron chi connectivity index (χ1n) is 5.84. The van der Waals surface area contributed by atoms with Crippen molar-refractivity contribution in [3.8, 4) is 5.75 Å². The Kier molecular flexibility index (Phi) is 4.13. The maximum Gasteiger partial charge on any atom is 0.119 e. The quantitative estimate of drug-likeness (QED) is 0.873. The second kappa shape index (κ2) is 5.60. The Morgan fingerprint density at radius 2 is 2.06 bits per heavy atom. The molecule has 0 amide bonds. The van der Waals surface area contributed by atoms with Gasteiger partial charge in [-0.1, -0.05) is 12.1 Å². The number of benzene rings is 1. The minimum Gasteiger partial charge on any atom is -0.491 e. The highest BCUT2D eigenvalue weighted by atomic mass is 32.2. The Morgan fingerprint density at radius 1 is 1.31 bits per heavy atom. The minimum absolute atomic E-state index is 0.247. The number of ether oxygens (including phenoxy) is 1. The molecule has 1 aliphatic rings. The lowest BCUT2D eigenvalue weighted by Gasteiger charge is -2.23. The summed E-state index contributed by atoms with van der Waals surface area (Å²) in [6.07, 6.45) is 0.247. The van der Waals surface area contributed by atoms with Crippen LogP contribution in [-0.4, -0.2) is 24.9 Å². The van der Waals surface area contributed by atoms with Gasteiger partial charge in [0.25, 0.3) is 0 Å². The van der Waals surface area contributed by atoms with E-state index >= 15 is 0 Å². The Hall–Kier alpha value is -0.670. The molecule has 1 saturated heterocycles. The second-order valence-corrected chi connectivity index (χ2v) is 5.61. The predicted octanol–water partition coefficient (Wildman–Crippen LogP) is 2.85. The monoisotopic (exact) mass is 237 g/mol. The van der Waals surface area contributed by atoms with Gasteiger partial charge in [0.15, 0.2) is 0 Å². The van der Waals surface area contributed by atoms with Crippen LogP contribution in [0.5, 0.6) is 5.75 Å². The first-order chi connectivity index (χ1) is 7.75. The summed E-state index contributed by atoms with van der Waals surface area (Å²) < 4.78 is 5.63. The van der Waals surface area contributed by atoms with Crippen LogP contribution in [0, 0.1) is 0 Å². The van der Waals surface area contributed by atoms with Crippen molar-refractivity contribution in [2.75, 3.05) is 18.8 Å². The summed E-state index contributed by atoms with van der Waals surface area (Å²) in [5.41, 5.74) is 1.40. The number of hydrogen-bond acceptors (Lipinski definition) is 3. The highest BCUT2D eigenvalue weighted by molar-refractivity contribution is 7.99. The van der Waals surface area contributed by atoms with Crippen molar-refractivity contribution in [2.45, 2.75) is 25.2 Å². The molecule has 0 aliphatic carbocycles. The van der Waals surface area contributed by atoms with E-state index in [0.717, 1.165) is 18.8 Å². The lowest BCUT2D eigenvalue weighted by Crippen LogP contribution is -2.28. The van der Waals surface area contributed by atoms with Gasteiger partial charge in [-0.2, -0.15) is 11.8 Å². The van der Waals surface area contributed by atoms with Crippen LogP contribution in [-0.2, 0) is 0 Å². The molecule has 2 rings (SSSR count). The van der Waals surface area contributed by atoms with Gasteiger partial charge in [0.05, 0.1) is 6.10 Å². The Balaban J connectivity index is 2.00. The van der Waals surface area contributed by atoms with Gasteiger partial charge >= 0.3 is 0 Å². The molecule has 16 heavy (non-hydrogen) atoms. The average molecular weight is 237 g/mol. The van der Waals surface area contributed by atoms with Crippen LogP contribution in [0.1, 0.15) is 24.7 Å². The molecule has 1 aromatic carbocycles. The second-order valence-electron chi connectivity index (χ2n) is 4.30. The zero-order valence-corrected chi connectivity index (χ0v) is 10.7. The molecule has 0 aromatic heterocycles. The molecular weight excluding hydrogens is 218 g/mol. The Labute approximate surface area is 102 Å². The third kappa shape index (κ3) is 3.16. The van der Waals surface area contributed by atoms with Crippen molar-refractivity contribution >= 4 is 11.8 Å². The van der Waals surface area contributed by atoms with Crippen LogP contribution in [0.3, 0.4) is 0 Å². The average Bonchev–Trinajstić information content (AvgIpc) is 2.30. The van der Waals surface area contributed by atoms with Gasteiger partial charge in [-0.15, -0.1) is 0 Å². The Bertz CT molecular complexity index is 317. The van der Waals surface area contributed by atoms with E-state index in [4.69, 9.17) is 4.74 Å². The van der Waals surface area contributed by atoms with Crippen LogP contribution >= 0.6 is 11.8 Å². The predicted molar refractivity (Wildman–Crippen MR) is 70.3 cm³/mol. The number of hydrogen-bond donors (Lipinski definition) is 1. The normalized spacial score (nSPS) is 21.1. The van der Waals surface area contributed by atoms with Crippen molar-refractivity contribution in [3.63, 3.8) is 0 Å². The van der Waals surface area contributed by atoms with E-state index < -0.39 is 0 Å². The Morgan fingerprint density at radius 3 is 2.62 bits per heavy atom. The van der Waals surface area contributed by atoms with Gasteiger partial charge in [0.2, 0.25) is 0 Å². The molecule has 1 aliphatic heterocycles. The maximum absolute atomic E-state index is 5.63. The molecule has 88 valence electrons. The third-order valence-electron chi connectivity index (χ3n) is 2.55. The van der Waals surface area contributed by atoms with E-state index in [9.17, 15) is 0 Å². The van der Waals surface area contributed by atoms with Crippen molar-refractivity contribution in [3.05, 3.63) is 29.8 Å². The van der Waals surface area contributed by atoms with E-state index in [1.54, 1.807) is 0 Å². The summed E-state index contributed by atoms with van der Waals surface area (Å²) in [7, 11) is 0. The summed E-state index contributed by atoms with van der Waals surface area (Å²) >= 11 is 2.03. The highest BCUT2D eigenvalue weighted by Gasteiger charge is 2.15. The van der Waals surface area contributed by atoms with E-state index in [1.807, 2.05) is 11.8 Å². The van der Waals surface area contributed by atoms with Crippen molar-refractivity contribution in [2.24, 2.45) is 0 Å². The largest absolute Gasteiger partial charge is 0.491 e. The topological polar surface area (TPSA) is 21.3 Å². The molecule has 2 nitrogen and oxygen atoms in total. The van der Waals surface area contributed by atoms with Crippen LogP contribution in [0.15, 0.2) is 24.3 Å². The fourth-order valence-corrected chi connectivity index (χ4v) is 2.94. The standard InChI is InChI=1S/C13H19NOS/c1-10(2)15-12-5-3-11(4-6-12)13-9-14-7-8-16-13/h3-6,10,13-14H,7-9H2,1-2H3. The molecule has 1 heterocycles. The smallest absolute Gasteiger partial charge is 0.119 e. The summed E-state index contributed by atoms with van der Waals surface area (Å²) in [4.78, 5) is 0. The molecule has 3 heteroatoms. The zero-order valence-electron chi connectivity index (χ0n) is 9.90. The highest BCUT2D eigenvalue weighted by Crippen LogP contribution is 2.31. The van der Waals surface area contributed by atoms with Crippen molar-refractivity contribution in [1.29, 1.82) is 0 Å². The van der Waals surface area contributed by atoms with Gasteiger partial charge in [-0.3, -0.25) is 0 Å². The molecule has 0 spiro atoms. The fraction of sp³-hybridized carbons (Fsp3) is 0.538. The molecule has 1 fully saturated rings. The molecule has 1 unspecified atom stereocenters. The summed E-state index contributed by atoms with van der Waals surface area (Å²) in [6.45, 7) is 6.31. The zero-order chi connectivity index (χ0) is 11.4. The minimum atomic E-state index is 0.247. The van der Waals surface area contributed by atoms with E-state index in [1.165, 1.54) is 11.3 Å². The van der Waals surface area contributed by atoms with Gasteiger partial charge < -0.3 is 10.1 Å². The SMILES string of the molecule is CC(C)Oc1ccc(C2CNCCS2)cc1. The number of nitrogens with one attached hydrogen (secondary N) is 1. The lowest BCUT2D eigenvalue weighted by molar-refractivity contribution is 0.242. The molecule has 1 N–H and O–H groups in total. The van der Waals surface area contributed by atoms with Gasteiger partial charge in [-0.05, 0) is 31.5 Å². The summed E-state index contributed by atoms with van der Waals surface area (Å²) in [5, 5.41) is 4.03. The third-order valence-corrected chi connectivity index (χ3v) is 3.83. The van der Waals surface area contributed by atoms with Crippen molar-refractivity contribution in [1.82, 2.24) is 5.32 Å². The molecule has 1 aromatic rings. The lowest BCUT2D eigenvalue weighted by atomic mass is 10.1. The molecule has 1 atom stereocenters. The first kappa shape index (κ1) is 11.8. The van der Waals surface area contributed by atoms with E-state index in [2.05, 4.69) is 43.4 Å². The van der Waals surface area contributed by atoms with E-state index in [-0.39, 0.29) is 6.10 Å². The maximum atomic E-state index is 5.63. The van der Waals surface area contributed by atoms with Crippen LogP contribution in [0.25, 0.3) is 0 Å². The van der Waals surface area contributed by atoms with Crippen LogP contribution in [0.4, 0.5) is 0 Å². The number of thioether (sulfide) groups is 1. The summed E-state index contributed by atoms with van der Waals surface area (Å²) in [6, 6.07) is 8.51. The fourth-order valence-electron chi connectivity index (χ4n) is 1.81. The molecule has 0 saturated carbocycles. The first-order valence-corrected chi connectivity index (χ1v) is 6.89. The summed E-state index contributed by atoms with van der Waals surface area (Å²) in [5.74, 6) is 2.17. The van der Waals surface area contributed by atoms with Gasteiger partial charge in [0, 0.05) is 24.1 Å². The molecular formula is C13H19NOS. The number of rotatable bonds is 3. The van der Waals surface area contributed by atoms with Crippen LogP contribution < -0.4 is 10.1 Å². The van der Waals surface area contributed by atoms with Crippen LogP contribution in [0.2, 0.25) is 0 Å². The molecule has 0 radical (unpaired) electrons.